The van der Waals surface area contributed by atoms with E-state index >= 15 is 0 Å². The summed E-state index contributed by atoms with van der Waals surface area (Å²) in [6.45, 7) is 4.47. The Labute approximate surface area is 141 Å². The molecule has 1 heterocycles. The highest BCUT2D eigenvalue weighted by molar-refractivity contribution is 5.87. The molecule has 3 aromatic rings. The number of aromatic amines is 1. The minimum atomic E-state index is 0.0295. The summed E-state index contributed by atoms with van der Waals surface area (Å²) in [7, 11) is 0. The lowest BCUT2D eigenvalue weighted by molar-refractivity contribution is -0.121. The standard InChI is InChI=1S/C20H21N3O/c1-20(2)12-18(13-7-3-5-9-15(13)20)21-19(24)11-17-14-8-4-6-10-16(14)22-23-17/h3-10,18H,11-12H2,1-2H3,(H,21,24)(H,22,23). The van der Waals surface area contributed by atoms with Crippen molar-refractivity contribution in [2.45, 2.75) is 38.1 Å². The van der Waals surface area contributed by atoms with Gasteiger partial charge in [0.25, 0.3) is 0 Å². The van der Waals surface area contributed by atoms with Gasteiger partial charge >= 0.3 is 0 Å². The molecule has 1 atom stereocenters. The number of carbonyl (C=O) groups is 1. The third-order valence-corrected chi connectivity index (χ3v) is 4.99. The first-order valence-electron chi connectivity index (χ1n) is 8.35. The highest BCUT2D eigenvalue weighted by atomic mass is 16.1. The third-order valence-electron chi connectivity index (χ3n) is 4.99. The van der Waals surface area contributed by atoms with E-state index in [0.29, 0.717) is 6.42 Å². The lowest BCUT2D eigenvalue weighted by Crippen LogP contribution is -2.29. The van der Waals surface area contributed by atoms with Crippen LogP contribution < -0.4 is 5.32 Å². The molecule has 0 spiro atoms. The number of hydrogen-bond donors (Lipinski definition) is 2. The Morgan fingerprint density at radius 3 is 2.83 bits per heavy atom. The molecule has 24 heavy (non-hydrogen) atoms. The minimum absolute atomic E-state index is 0.0295. The summed E-state index contributed by atoms with van der Waals surface area (Å²) in [6, 6.07) is 16.4. The number of fused-ring (bicyclic) bond motifs is 2. The van der Waals surface area contributed by atoms with Crippen LogP contribution in [0.15, 0.2) is 48.5 Å². The van der Waals surface area contributed by atoms with E-state index in [1.54, 1.807) is 0 Å². The van der Waals surface area contributed by atoms with Crippen molar-refractivity contribution in [2.75, 3.05) is 0 Å². The minimum Gasteiger partial charge on any atom is -0.349 e. The molecule has 1 aliphatic rings. The predicted octanol–water partition coefficient (Wildman–Crippen LogP) is 3.64. The van der Waals surface area contributed by atoms with Crippen LogP contribution in [-0.4, -0.2) is 16.1 Å². The molecule has 0 aliphatic heterocycles. The number of aromatic nitrogens is 2. The summed E-state index contributed by atoms with van der Waals surface area (Å²) in [4.78, 5) is 12.6. The average molecular weight is 319 g/mol. The first-order valence-corrected chi connectivity index (χ1v) is 8.35. The van der Waals surface area contributed by atoms with Gasteiger partial charge in [0.1, 0.15) is 0 Å². The molecule has 2 N–H and O–H groups in total. The molecule has 0 bridgehead atoms. The van der Waals surface area contributed by atoms with Crippen molar-refractivity contribution in [2.24, 2.45) is 0 Å². The average Bonchev–Trinajstić information content (AvgIpc) is 3.08. The Kier molecular flexibility index (Phi) is 3.41. The van der Waals surface area contributed by atoms with Crippen LogP contribution in [0, 0.1) is 0 Å². The lowest BCUT2D eigenvalue weighted by atomic mass is 9.86. The van der Waals surface area contributed by atoms with Gasteiger partial charge in [0.2, 0.25) is 5.91 Å². The fourth-order valence-corrected chi connectivity index (χ4v) is 3.83. The molecule has 4 nitrogen and oxygen atoms in total. The summed E-state index contributed by atoms with van der Waals surface area (Å²) in [6.07, 6.45) is 1.25. The fourth-order valence-electron chi connectivity index (χ4n) is 3.83. The van der Waals surface area contributed by atoms with Gasteiger partial charge in [-0.2, -0.15) is 5.10 Å². The van der Waals surface area contributed by atoms with Crippen molar-refractivity contribution in [3.05, 3.63) is 65.4 Å². The summed E-state index contributed by atoms with van der Waals surface area (Å²) in [5.41, 5.74) is 4.43. The highest BCUT2D eigenvalue weighted by Gasteiger charge is 2.37. The summed E-state index contributed by atoms with van der Waals surface area (Å²) >= 11 is 0. The molecule has 1 aromatic heterocycles. The fraction of sp³-hybridized carbons (Fsp3) is 0.300. The molecule has 4 rings (SSSR count). The highest BCUT2D eigenvalue weighted by Crippen LogP contribution is 2.44. The Morgan fingerprint density at radius 2 is 1.96 bits per heavy atom. The van der Waals surface area contributed by atoms with Crippen LogP contribution in [-0.2, 0) is 16.6 Å². The first-order chi connectivity index (χ1) is 11.5. The van der Waals surface area contributed by atoms with Crippen molar-refractivity contribution < 1.29 is 4.79 Å². The van der Waals surface area contributed by atoms with E-state index in [0.717, 1.165) is 23.0 Å². The van der Waals surface area contributed by atoms with Gasteiger partial charge in [0.05, 0.1) is 23.7 Å². The van der Waals surface area contributed by atoms with Crippen molar-refractivity contribution in [1.82, 2.24) is 15.5 Å². The van der Waals surface area contributed by atoms with Crippen molar-refractivity contribution in [3.8, 4) is 0 Å². The molecular weight excluding hydrogens is 298 g/mol. The van der Waals surface area contributed by atoms with E-state index in [-0.39, 0.29) is 17.4 Å². The van der Waals surface area contributed by atoms with E-state index in [1.807, 2.05) is 30.3 Å². The number of para-hydroxylation sites is 1. The maximum absolute atomic E-state index is 12.6. The number of benzene rings is 2. The Bertz CT molecular complexity index is 910. The Hall–Kier alpha value is -2.62. The molecule has 1 amide bonds. The molecule has 0 radical (unpaired) electrons. The zero-order valence-corrected chi connectivity index (χ0v) is 14.0. The normalized spacial score (nSPS) is 18.5. The van der Waals surface area contributed by atoms with E-state index in [9.17, 15) is 4.79 Å². The zero-order chi connectivity index (χ0) is 16.7. The summed E-state index contributed by atoms with van der Waals surface area (Å²) in [5, 5.41) is 11.5. The van der Waals surface area contributed by atoms with Gasteiger partial charge < -0.3 is 5.32 Å². The zero-order valence-electron chi connectivity index (χ0n) is 14.0. The molecule has 0 fully saturated rings. The Balaban J connectivity index is 1.53. The monoisotopic (exact) mass is 319 g/mol. The molecule has 4 heteroatoms. The van der Waals surface area contributed by atoms with Gasteiger partial charge in [-0.05, 0) is 29.0 Å². The van der Waals surface area contributed by atoms with Crippen LogP contribution in [0.5, 0.6) is 0 Å². The predicted molar refractivity (Wildman–Crippen MR) is 94.8 cm³/mol. The van der Waals surface area contributed by atoms with Crippen molar-refractivity contribution in [1.29, 1.82) is 0 Å². The SMILES string of the molecule is CC1(C)CC(NC(=O)Cc2[nH]nc3ccccc23)c2ccccc21. The second-order valence-electron chi connectivity index (χ2n) is 7.19. The van der Waals surface area contributed by atoms with E-state index in [4.69, 9.17) is 0 Å². The lowest BCUT2D eigenvalue weighted by Gasteiger charge is -2.19. The first kappa shape index (κ1) is 14.9. The third kappa shape index (κ3) is 2.48. The maximum atomic E-state index is 12.6. The van der Waals surface area contributed by atoms with E-state index in [2.05, 4.69) is 47.6 Å². The van der Waals surface area contributed by atoms with Gasteiger partial charge in [-0.15, -0.1) is 0 Å². The summed E-state index contributed by atoms with van der Waals surface area (Å²) in [5.74, 6) is 0.0295. The van der Waals surface area contributed by atoms with Gasteiger partial charge in [-0.1, -0.05) is 56.3 Å². The van der Waals surface area contributed by atoms with Crippen LogP contribution >= 0.6 is 0 Å². The number of amides is 1. The van der Waals surface area contributed by atoms with E-state index in [1.165, 1.54) is 11.1 Å². The molecular formula is C20H21N3O. The number of carbonyl (C=O) groups excluding carboxylic acids is 1. The van der Waals surface area contributed by atoms with Gasteiger partial charge in [0, 0.05) is 5.39 Å². The molecule has 2 aromatic carbocycles. The number of hydrogen-bond acceptors (Lipinski definition) is 2. The van der Waals surface area contributed by atoms with Gasteiger partial charge in [-0.25, -0.2) is 0 Å². The quantitative estimate of drug-likeness (QED) is 0.774. The molecule has 1 aliphatic carbocycles. The van der Waals surface area contributed by atoms with E-state index < -0.39 is 0 Å². The van der Waals surface area contributed by atoms with Crippen molar-refractivity contribution >= 4 is 16.8 Å². The Morgan fingerprint density at radius 1 is 1.21 bits per heavy atom. The second-order valence-corrected chi connectivity index (χ2v) is 7.19. The van der Waals surface area contributed by atoms with Crippen LogP contribution in [0.2, 0.25) is 0 Å². The van der Waals surface area contributed by atoms with Crippen LogP contribution in [0.1, 0.15) is 43.1 Å². The number of nitrogens with one attached hydrogen (secondary N) is 2. The number of nitrogens with zero attached hydrogens (tertiary/aromatic N) is 1. The van der Waals surface area contributed by atoms with Crippen molar-refractivity contribution in [3.63, 3.8) is 0 Å². The number of rotatable bonds is 3. The smallest absolute Gasteiger partial charge is 0.226 e. The molecule has 0 saturated carbocycles. The molecule has 1 unspecified atom stereocenters. The molecule has 122 valence electrons. The largest absolute Gasteiger partial charge is 0.349 e. The van der Waals surface area contributed by atoms with Crippen LogP contribution in [0.4, 0.5) is 0 Å². The van der Waals surface area contributed by atoms with Gasteiger partial charge in [-0.3, -0.25) is 9.89 Å². The topological polar surface area (TPSA) is 57.8 Å². The van der Waals surface area contributed by atoms with Gasteiger partial charge in [0.15, 0.2) is 0 Å². The van der Waals surface area contributed by atoms with Crippen LogP contribution in [0.25, 0.3) is 10.9 Å². The molecule has 0 saturated heterocycles. The van der Waals surface area contributed by atoms with Crippen LogP contribution in [0.3, 0.4) is 0 Å². The second kappa shape index (κ2) is 5.48. The maximum Gasteiger partial charge on any atom is 0.226 e. The summed E-state index contributed by atoms with van der Waals surface area (Å²) < 4.78 is 0. The number of H-pyrrole nitrogens is 1.